The number of carbonyl (C=O) groups is 3. The van der Waals surface area contributed by atoms with Crippen LogP contribution in [0.2, 0.25) is 0 Å². The summed E-state index contributed by atoms with van der Waals surface area (Å²) in [6.07, 6.45) is 1.65. The van der Waals surface area contributed by atoms with Crippen LogP contribution in [0.4, 0.5) is 10.8 Å². The smallest absolute Gasteiger partial charge is 0.272 e. The summed E-state index contributed by atoms with van der Waals surface area (Å²) < 4.78 is 0. The highest BCUT2D eigenvalue weighted by atomic mass is 32.2. The molecule has 0 aliphatic heterocycles. The number of benzene rings is 5. The van der Waals surface area contributed by atoms with Gasteiger partial charge in [0.25, 0.3) is 11.8 Å². The van der Waals surface area contributed by atoms with Gasteiger partial charge in [-0.3, -0.25) is 14.4 Å². The van der Waals surface area contributed by atoms with Crippen LogP contribution in [-0.4, -0.2) is 28.5 Å². The molecule has 9 heteroatoms. The van der Waals surface area contributed by atoms with Crippen molar-refractivity contribution in [3.63, 3.8) is 0 Å². The van der Waals surface area contributed by atoms with Gasteiger partial charge in [0.05, 0.1) is 11.4 Å². The summed E-state index contributed by atoms with van der Waals surface area (Å²) in [5, 5.41) is 13.3. The summed E-state index contributed by atoms with van der Waals surface area (Å²) in [6.45, 7) is 1.96. The molecule has 0 bridgehead atoms. The number of hydrogen-bond acceptors (Lipinski definition) is 6. The summed E-state index contributed by atoms with van der Waals surface area (Å²) in [6, 6.07) is 38.0. The summed E-state index contributed by atoms with van der Waals surface area (Å²) in [7, 11) is 0. The number of fused-ring (bicyclic) bond motifs is 1. The van der Waals surface area contributed by atoms with Crippen molar-refractivity contribution in [2.45, 2.75) is 11.8 Å². The van der Waals surface area contributed by atoms with Crippen molar-refractivity contribution in [1.29, 1.82) is 0 Å². The lowest BCUT2D eigenvalue weighted by atomic mass is 10.1. The molecule has 6 rings (SSSR count). The van der Waals surface area contributed by atoms with Gasteiger partial charge in [-0.25, -0.2) is 4.98 Å². The molecular weight excluding hydrogens is 625 g/mol. The van der Waals surface area contributed by atoms with Crippen LogP contribution in [0, 0.1) is 6.92 Å². The van der Waals surface area contributed by atoms with Gasteiger partial charge in [0.2, 0.25) is 5.91 Å². The van der Waals surface area contributed by atoms with Crippen LogP contribution < -0.4 is 16.0 Å². The van der Waals surface area contributed by atoms with E-state index in [-0.39, 0.29) is 23.3 Å². The first-order valence-electron chi connectivity index (χ1n) is 14.8. The average molecular weight is 655 g/mol. The van der Waals surface area contributed by atoms with E-state index in [9.17, 15) is 14.4 Å². The number of thiazole rings is 1. The highest BCUT2D eigenvalue weighted by Gasteiger charge is 2.16. The Morgan fingerprint density at radius 2 is 1.57 bits per heavy atom. The second kappa shape index (κ2) is 14.7. The third-order valence-corrected chi connectivity index (χ3v) is 8.89. The molecule has 5 aromatic carbocycles. The standard InChI is InChI=1S/C38H30N4O3S2/c1-25-9-7-10-26(19-25)20-33(40-36(44)28-12-3-2-4-13-28)37(45)39-31-15-8-16-32(22-31)46-24-35(43)42-38-41-34(23-47-38)30-18-17-27-11-5-6-14-29(27)21-30/h2-23H,24H2,1H3,(H,39,45)(H,40,44)(H,41,42,43)/b33-20+. The molecule has 47 heavy (non-hydrogen) atoms. The van der Waals surface area contributed by atoms with Gasteiger partial charge in [-0.2, -0.15) is 0 Å². The first kappa shape index (κ1) is 31.5. The van der Waals surface area contributed by atoms with E-state index in [0.717, 1.165) is 38.1 Å². The maximum absolute atomic E-state index is 13.4. The maximum atomic E-state index is 13.4. The monoisotopic (exact) mass is 654 g/mol. The fourth-order valence-corrected chi connectivity index (χ4v) is 6.34. The van der Waals surface area contributed by atoms with Crippen LogP contribution in [0.5, 0.6) is 0 Å². The largest absolute Gasteiger partial charge is 0.321 e. The van der Waals surface area contributed by atoms with Crippen molar-refractivity contribution in [2.75, 3.05) is 16.4 Å². The maximum Gasteiger partial charge on any atom is 0.272 e. The van der Waals surface area contributed by atoms with E-state index in [1.165, 1.54) is 23.1 Å². The van der Waals surface area contributed by atoms with Gasteiger partial charge in [0.15, 0.2) is 5.13 Å². The van der Waals surface area contributed by atoms with E-state index < -0.39 is 5.91 Å². The molecule has 3 N–H and O–H groups in total. The second-order valence-corrected chi connectivity index (χ2v) is 12.6. The van der Waals surface area contributed by atoms with Crippen molar-refractivity contribution >= 4 is 68.5 Å². The summed E-state index contributed by atoms with van der Waals surface area (Å²) in [5.41, 5.74) is 4.69. The Labute approximate surface area is 280 Å². The molecule has 1 aromatic heterocycles. The molecule has 0 saturated carbocycles. The Morgan fingerprint density at radius 1 is 0.787 bits per heavy atom. The lowest BCUT2D eigenvalue weighted by Crippen LogP contribution is -2.30. The third kappa shape index (κ3) is 8.40. The molecule has 7 nitrogen and oxygen atoms in total. The van der Waals surface area contributed by atoms with E-state index in [4.69, 9.17) is 0 Å². The quantitative estimate of drug-likeness (QED) is 0.102. The number of hydrogen-bond donors (Lipinski definition) is 3. The normalized spacial score (nSPS) is 11.2. The first-order chi connectivity index (χ1) is 22.9. The van der Waals surface area contributed by atoms with Crippen LogP contribution in [-0.2, 0) is 9.59 Å². The number of thioether (sulfide) groups is 1. The van der Waals surface area contributed by atoms with Gasteiger partial charge in [-0.05, 0) is 65.7 Å². The number of aromatic nitrogens is 1. The van der Waals surface area contributed by atoms with Crippen LogP contribution >= 0.6 is 23.1 Å². The molecule has 0 saturated heterocycles. The van der Waals surface area contributed by atoms with Crippen molar-refractivity contribution in [1.82, 2.24) is 10.3 Å². The zero-order chi connectivity index (χ0) is 32.6. The highest BCUT2D eigenvalue weighted by molar-refractivity contribution is 8.00. The fraction of sp³-hybridized carbons (Fsp3) is 0.0526. The van der Waals surface area contributed by atoms with Gasteiger partial charge in [-0.1, -0.05) is 90.5 Å². The third-order valence-electron chi connectivity index (χ3n) is 7.14. The van der Waals surface area contributed by atoms with Gasteiger partial charge in [0, 0.05) is 27.1 Å². The second-order valence-electron chi connectivity index (χ2n) is 10.7. The van der Waals surface area contributed by atoms with E-state index >= 15 is 0 Å². The minimum absolute atomic E-state index is 0.105. The number of nitrogens with zero attached hydrogens (tertiary/aromatic N) is 1. The molecule has 0 aliphatic rings. The summed E-state index contributed by atoms with van der Waals surface area (Å²) in [4.78, 5) is 44.6. The van der Waals surface area contributed by atoms with Crippen LogP contribution in [0.15, 0.2) is 137 Å². The summed E-state index contributed by atoms with van der Waals surface area (Å²) in [5.74, 6) is -0.884. The number of nitrogens with one attached hydrogen (secondary N) is 3. The molecule has 0 aliphatic carbocycles. The van der Waals surface area contributed by atoms with Gasteiger partial charge in [-0.15, -0.1) is 23.1 Å². The van der Waals surface area contributed by atoms with Crippen molar-refractivity contribution in [3.05, 3.63) is 149 Å². The predicted octanol–water partition coefficient (Wildman–Crippen LogP) is 8.41. The Kier molecular flexibility index (Phi) is 9.86. The van der Waals surface area contributed by atoms with Crippen molar-refractivity contribution in [2.24, 2.45) is 0 Å². The molecule has 0 atom stereocenters. The lowest BCUT2D eigenvalue weighted by molar-refractivity contribution is -0.114. The molecule has 0 unspecified atom stereocenters. The predicted molar refractivity (Wildman–Crippen MR) is 193 cm³/mol. The molecule has 0 radical (unpaired) electrons. The molecule has 1 heterocycles. The number of carbonyl (C=O) groups excluding carboxylic acids is 3. The molecule has 3 amide bonds. The van der Waals surface area contributed by atoms with E-state index in [1.54, 1.807) is 48.5 Å². The molecule has 232 valence electrons. The number of amides is 3. The zero-order valence-electron chi connectivity index (χ0n) is 25.4. The molecule has 0 fully saturated rings. The number of aryl methyl sites for hydroxylation is 1. The minimum Gasteiger partial charge on any atom is -0.321 e. The van der Waals surface area contributed by atoms with Gasteiger partial charge in [0.1, 0.15) is 5.70 Å². The average Bonchev–Trinajstić information content (AvgIpc) is 3.55. The first-order valence-corrected chi connectivity index (χ1v) is 16.7. The lowest BCUT2D eigenvalue weighted by Gasteiger charge is -2.12. The summed E-state index contributed by atoms with van der Waals surface area (Å²) >= 11 is 2.72. The van der Waals surface area contributed by atoms with E-state index in [1.807, 2.05) is 66.9 Å². The Balaban J connectivity index is 1.09. The molecular formula is C38H30N4O3S2. The number of anilines is 2. The van der Waals surface area contributed by atoms with Crippen LogP contribution in [0.3, 0.4) is 0 Å². The van der Waals surface area contributed by atoms with Gasteiger partial charge >= 0.3 is 0 Å². The SMILES string of the molecule is Cc1cccc(/C=C(/NC(=O)c2ccccc2)C(=O)Nc2cccc(SCC(=O)Nc3nc(-c4ccc5ccccc5c4)cs3)c2)c1. The minimum atomic E-state index is -0.471. The fourth-order valence-electron chi connectivity index (χ4n) is 4.85. The molecule has 0 spiro atoms. The van der Waals surface area contributed by atoms with Crippen molar-refractivity contribution < 1.29 is 14.4 Å². The van der Waals surface area contributed by atoms with Crippen LogP contribution in [0.1, 0.15) is 21.5 Å². The topological polar surface area (TPSA) is 100 Å². The Morgan fingerprint density at radius 3 is 2.40 bits per heavy atom. The number of rotatable bonds is 10. The Hall–Kier alpha value is -5.51. The Bertz CT molecular complexity index is 2110. The highest BCUT2D eigenvalue weighted by Crippen LogP contribution is 2.28. The zero-order valence-corrected chi connectivity index (χ0v) is 27.0. The van der Waals surface area contributed by atoms with Crippen LogP contribution in [0.25, 0.3) is 28.1 Å². The van der Waals surface area contributed by atoms with Crippen molar-refractivity contribution in [3.8, 4) is 11.3 Å². The van der Waals surface area contributed by atoms with E-state index in [2.05, 4.69) is 45.2 Å². The molecule has 6 aromatic rings. The van der Waals surface area contributed by atoms with Gasteiger partial charge < -0.3 is 16.0 Å². The van der Waals surface area contributed by atoms with E-state index in [0.29, 0.717) is 16.4 Å².